The van der Waals surface area contributed by atoms with Crippen molar-refractivity contribution >= 4 is 62.9 Å². The van der Waals surface area contributed by atoms with E-state index < -0.39 is 29.5 Å². The van der Waals surface area contributed by atoms with Crippen molar-refractivity contribution in [2.75, 3.05) is 0 Å². The molecule has 1 saturated heterocycles. The van der Waals surface area contributed by atoms with Gasteiger partial charge in [-0.25, -0.2) is 9.78 Å². The number of ether oxygens (including phenoxy) is 1. The van der Waals surface area contributed by atoms with Gasteiger partial charge in [0.25, 0.3) is 0 Å². The number of para-hydroxylation sites is 1. The standard InChI is InChI=1S/C35H27N3O4S3/c39-28(20-22-12-4-1-5-13-22)37-29-32(40)38-30(27(21-43-33(29)38)45-35-36-25-18-10-11-19-26(25)44-35)34(41)42-31(23-14-6-2-7-15-23)24-16-8-3-9-17-24/h1-19,21,29-31,33H,20H2,(H,37,39)/t29?,30?,33-/m1/s1. The van der Waals surface area contributed by atoms with Crippen LogP contribution in [0.3, 0.4) is 0 Å². The van der Waals surface area contributed by atoms with Crippen LogP contribution in [0.2, 0.25) is 0 Å². The summed E-state index contributed by atoms with van der Waals surface area (Å²) in [4.78, 5) is 47.8. The monoisotopic (exact) mass is 649 g/mol. The van der Waals surface area contributed by atoms with Gasteiger partial charge in [0.1, 0.15) is 11.4 Å². The van der Waals surface area contributed by atoms with Crippen LogP contribution >= 0.6 is 34.9 Å². The molecule has 7 nitrogen and oxygen atoms in total. The number of nitrogens with zero attached hydrogens (tertiary/aromatic N) is 2. The van der Waals surface area contributed by atoms with E-state index in [9.17, 15) is 14.4 Å². The van der Waals surface area contributed by atoms with Crippen LogP contribution in [-0.4, -0.2) is 45.1 Å². The number of rotatable bonds is 9. The van der Waals surface area contributed by atoms with Crippen molar-refractivity contribution in [1.82, 2.24) is 15.2 Å². The first-order chi connectivity index (χ1) is 22.0. The molecule has 3 heterocycles. The number of carbonyl (C=O) groups excluding carboxylic acids is 3. The van der Waals surface area contributed by atoms with Crippen LogP contribution in [0.1, 0.15) is 22.8 Å². The topological polar surface area (TPSA) is 88.6 Å². The Morgan fingerprint density at radius 3 is 2.16 bits per heavy atom. The molecule has 7 rings (SSSR count). The van der Waals surface area contributed by atoms with Crippen LogP contribution < -0.4 is 5.32 Å². The van der Waals surface area contributed by atoms with Crippen molar-refractivity contribution < 1.29 is 19.1 Å². The summed E-state index contributed by atoms with van der Waals surface area (Å²) >= 11 is 4.32. The lowest BCUT2D eigenvalue weighted by Gasteiger charge is -2.51. The largest absolute Gasteiger partial charge is 0.451 e. The van der Waals surface area contributed by atoms with Gasteiger partial charge in [-0.15, -0.1) is 23.1 Å². The fraction of sp³-hybridized carbons (Fsp3) is 0.143. The fourth-order valence-electron chi connectivity index (χ4n) is 5.45. The number of β-lactam (4-membered cyclic amide) rings is 1. The van der Waals surface area contributed by atoms with Crippen LogP contribution in [0.15, 0.2) is 130 Å². The number of thioether (sulfide) groups is 2. The first-order valence-electron chi connectivity index (χ1n) is 14.4. The summed E-state index contributed by atoms with van der Waals surface area (Å²) in [6.07, 6.45) is -0.503. The number of thiazole rings is 1. The molecule has 2 aliphatic rings. The van der Waals surface area contributed by atoms with E-state index in [1.54, 1.807) is 4.90 Å². The SMILES string of the molecule is O=C(Cc1ccccc1)NC1C(=O)N2C(C(=O)OC(c3ccccc3)c3ccccc3)C(Sc3nc4ccccc4s3)=CS[C@H]12. The van der Waals surface area contributed by atoms with Gasteiger partial charge in [0.05, 0.1) is 16.6 Å². The van der Waals surface area contributed by atoms with Gasteiger partial charge in [0.15, 0.2) is 16.5 Å². The van der Waals surface area contributed by atoms with E-state index >= 15 is 0 Å². The lowest BCUT2D eigenvalue weighted by molar-refractivity contribution is -0.165. The number of esters is 1. The fourth-order valence-corrected chi connectivity index (χ4v) is 9.00. The van der Waals surface area contributed by atoms with E-state index in [4.69, 9.17) is 9.72 Å². The number of carbonyl (C=O) groups is 3. The van der Waals surface area contributed by atoms with Gasteiger partial charge in [-0.2, -0.15) is 0 Å². The van der Waals surface area contributed by atoms with Crippen LogP contribution in [0.25, 0.3) is 10.2 Å². The minimum absolute atomic E-state index is 0.165. The number of hydrogen-bond acceptors (Lipinski definition) is 8. The van der Waals surface area contributed by atoms with Crippen LogP contribution in [0.5, 0.6) is 0 Å². The van der Waals surface area contributed by atoms with Gasteiger partial charge >= 0.3 is 5.97 Å². The summed E-state index contributed by atoms with van der Waals surface area (Å²) in [6.45, 7) is 0. The predicted octanol–water partition coefficient (Wildman–Crippen LogP) is 6.57. The van der Waals surface area contributed by atoms with Crippen molar-refractivity contribution in [2.24, 2.45) is 0 Å². The summed E-state index contributed by atoms with van der Waals surface area (Å²) in [6, 6.07) is 34.7. The lowest BCUT2D eigenvalue weighted by atomic mass is 10.00. The molecular formula is C35H27N3O4S3. The number of fused-ring (bicyclic) bond motifs is 2. The smallest absolute Gasteiger partial charge is 0.335 e. The Kier molecular flexibility index (Phi) is 8.43. The molecule has 0 radical (unpaired) electrons. The van der Waals surface area contributed by atoms with Crippen molar-refractivity contribution in [3.05, 3.63) is 142 Å². The van der Waals surface area contributed by atoms with E-state index in [0.29, 0.717) is 4.91 Å². The van der Waals surface area contributed by atoms with Crippen LogP contribution in [0.4, 0.5) is 0 Å². The molecule has 4 aromatic carbocycles. The summed E-state index contributed by atoms with van der Waals surface area (Å²) in [5.74, 6) is -1.10. The van der Waals surface area contributed by atoms with Gasteiger partial charge in [0, 0.05) is 4.91 Å². The third-order valence-corrected chi connectivity index (χ3v) is 11.1. The van der Waals surface area contributed by atoms with Crippen molar-refractivity contribution in [3.8, 4) is 0 Å². The van der Waals surface area contributed by atoms with E-state index in [2.05, 4.69) is 5.32 Å². The maximum absolute atomic E-state index is 14.2. The molecule has 0 saturated carbocycles. The summed E-state index contributed by atoms with van der Waals surface area (Å²) in [7, 11) is 0. The molecule has 0 aliphatic carbocycles. The van der Waals surface area contributed by atoms with Crippen LogP contribution in [0, 0.1) is 0 Å². The van der Waals surface area contributed by atoms with E-state index in [-0.39, 0.29) is 18.2 Å². The highest BCUT2D eigenvalue weighted by Crippen LogP contribution is 2.47. The number of benzene rings is 4. The van der Waals surface area contributed by atoms with Gasteiger partial charge in [-0.3, -0.25) is 9.59 Å². The molecule has 1 fully saturated rings. The molecule has 0 bridgehead atoms. The van der Waals surface area contributed by atoms with Gasteiger partial charge < -0.3 is 15.0 Å². The molecule has 2 amide bonds. The quantitative estimate of drug-likeness (QED) is 0.143. The van der Waals surface area contributed by atoms with E-state index in [1.807, 2.05) is 121 Å². The lowest BCUT2D eigenvalue weighted by Crippen LogP contribution is -2.73. The Hall–Kier alpha value is -4.38. The molecular weight excluding hydrogens is 623 g/mol. The molecule has 2 aliphatic heterocycles. The molecule has 45 heavy (non-hydrogen) atoms. The van der Waals surface area contributed by atoms with Gasteiger partial charge in [-0.05, 0) is 34.2 Å². The first-order valence-corrected chi connectivity index (χ1v) is 17.0. The molecule has 0 spiro atoms. The zero-order valence-corrected chi connectivity index (χ0v) is 26.3. The van der Waals surface area contributed by atoms with Crippen LogP contribution in [-0.2, 0) is 25.5 Å². The molecule has 1 N–H and O–H groups in total. The summed E-state index contributed by atoms with van der Waals surface area (Å²) < 4.78 is 8.09. The Balaban J connectivity index is 1.17. The number of hydrogen-bond donors (Lipinski definition) is 1. The Morgan fingerprint density at radius 2 is 1.49 bits per heavy atom. The number of amides is 2. The Morgan fingerprint density at radius 1 is 0.867 bits per heavy atom. The molecule has 224 valence electrons. The third kappa shape index (κ3) is 6.13. The number of nitrogens with one attached hydrogen (secondary N) is 1. The summed E-state index contributed by atoms with van der Waals surface area (Å²) in [5.41, 5.74) is 3.38. The minimum Gasteiger partial charge on any atom is -0.451 e. The van der Waals surface area contributed by atoms with Gasteiger partial charge in [-0.1, -0.05) is 115 Å². The molecule has 2 unspecified atom stereocenters. The zero-order chi connectivity index (χ0) is 30.8. The normalized spacial score (nSPS) is 19.0. The second-order valence-corrected chi connectivity index (χ2v) is 13.9. The average Bonchev–Trinajstić information content (AvgIpc) is 3.49. The predicted molar refractivity (Wildman–Crippen MR) is 178 cm³/mol. The molecule has 10 heteroatoms. The van der Waals surface area contributed by atoms with E-state index in [1.165, 1.54) is 34.9 Å². The maximum Gasteiger partial charge on any atom is 0.335 e. The minimum atomic E-state index is -0.988. The molecule has 1 aromatic heterocycles. The second-order valence-electron chi connectivity index (χ2n) is 10.6. The Labute approximate surface area is 272 Å². The Bertz CT molecular complexity index is 1810. The molecule has 3 atom stereocenters. The zero-order valence-electron chi connectivity index (χ0n) is 23.8. The van der Waals surface area contributed by atoms with Crippen molar-refractivity contribution in [3.63, 3.8) is 0 Å². The highest BCUT2D eigenvalue weighted by atomic mass is 32.2. The third-order valence-electron chi connectivity index (χ3n) is 7.62. The first kappa shape index (κ1) is 29.3. The van der Waals surface area contributed by atoms with Crippen molar-refractivity contribution in [2.45, 2.75) is 34.3 Å². The highest BCUT2D eigenvalue weighted by Gasteiger charge is 2.56. The maximum atomic E-state index is 14.2. The summed E-state index contributed by atoms with van der Waals surface area (Å²) in [5, 5.41) is 4.36. The highest BCUT2D eigenvalue weighted by molar-refractivity contribution is 8.07. The average molecular weight is 650 g/mol. The van der Waals surface area contributed by atoms with Gasteiger partial charge in [0.2, 0.25) is 11.8 Å². The molecule has 5 aromatic rings. The van der Waals surface area contributed by atoms with Crippen molar-refractivity contribution in [1.29, 1.82) is 0 Å². The number of aromatic nitrogens is 1. The second kappa shape index (κ2) is 12.9. The van der Waals surface area contributed by atoms with E-state index in [0.717, 1.165) is 31.2 Å².